The maximum atomic E-state index is 11.4. The van der Waals surface area contributed by atoms with Gasteiger partial charge in [0.2, 0.25) is 5.91 Å². The molecule has 0 aliphatic heterocycles. The van der Waals surface area contributed by atoms with Crippen LogP contribution in [0, 0.1) is 10.1 Å². The van der Waals surface area contributed by atoms with Gasteiger partial charge in [0.15, 0.2) is 0 Å². The molecule has 0 aliphatic carbocycles. The monoisotopic (exact) mass is 285 g/mol. The fraction of sp³-hybridized carbons (Fsp3) is 0.417. The predicted molar refractivity (Wildman–Crippen MR) is 73.1 cm³/mol. The Morgan fingerprint density at radius 3 is 2.79 bits per heavy atom. The van der Waals surface area contributed by atoms with Gasteiger partial charge in [-0.3, -0.25) is 19.8 Å². The molecule has 1 aromatic carbocycles. The molecule has 1 rings (SSSR count). The molecule has 0 radical (unpaired) electrons. The van der Waals surface area contributed by atoms with E-state index in [0.29, 0.717) is 23.7 Å². The number of carbonyl (C=O) groups is 1. The van der Waals surface area contributed by atoms with Crippen LogP contribution in [0.2, 0.25) is 5.02 Å². The van der Waals surface area contributed by atoms with Gasteiger partial charge in [0.1, 0.15) is 0 Å². The van der Waals surface area contributed by atoms with Crippen molar-refractivity contribution < 1.29 is 9.72 Å². The van der Waals surface area contributed by atoms with Gasteiger partial charge in [-0.05, 0) is 25.6 Å². The fourth-order valence-corrected chi connectivity index (χ4v) is 1.82. The van der Waals surface area contributed by atoms with Crippen molar-refractivity contribution in [2.24, 2.45) is 0 Å². The van der Waals surface area contributed by atoms with Gasteiger partial charge in [0.05, 0.1) is 11.5 Å². The van der Waals surface area contributed by atoms with Gasteiger partial charge in [-0.15, -0.1) is 0 Å². The summed E-state index contributed by atoms with van der Waals surface area (Å²) in [6.45, 7) is 3.00. The molecule has 6 nitrogen and oxygen atoms in total. The molecule has 7 heteroatoms. The van der Waals surface area contributed by atoms with Crippen LogP contribution in [0.4, 0.5) is 5.69 Å². The number of amides is 1. The lowest BCUT2D eigenvalue weighted by atomic mass is 10.2. The lowest BCUT2D eigenvalue weighted by Crippen LogP contribution is -2.34. The number of carbonyl (C=O) groups excluding carboxylic acids is 1. The maximum Gasteiger partial charge on any atom is 0.269 e. The minimum absolute atomic E-state index is 0.00851. The molecular weight excluding hydrogens is 270 g/mol. The van der Waals surface area contributed by atoms with E-state index in [9.17, 15) is 14.9 Å². The van der Waals surface area contributed by atoms with Gasteiger partial charge >= 0.3 is 0 Å². The van der Waals surface area contributed by atoms with Crippen molar-refractivity contribution in [1.29, 1.82) is 0 Å². The second-order valence-corrected chi connectivity index (χ2v) is 4.57. The van der Waals surface area contributed by atoms with Crippen LogP contribution in [0.25, 0.3) is 0 Å². The van der Waals surface area contributed by atoms with Crippen molar-refractivity contribution in [3.8, 4) is 0 Å². The topological polar surface area (TPSA) is 75.5 Å². The zero-order chi connectivity index (χ0) is 14.4. The number of nitro benzene ring substituents is 1. The summed E-state index contributed by atoms with van der Waals surface area (Å²) in [4.78, 5) is 23.4. The Morgan fingerprint density at radius 1 is 1.53 bits per heavy atom. The summed E-state index contributed by atoms with van der Waals surface area (Å²) in [5, 5.41) is 13.8. The van der Waals surface area contributed by atoms with Crippen LogP contribution in [0.15, 0.2) is 18.2 Å². The average Bonchev–Trinajstić information content (AvgIpc) is 2.31. The second-order valence-electron chi connectivity index (χ2n) is 4.16. The Morgan fingerprint density at radius 2 is 2.21 bits per heavy atom. The normalized spacial score (nSPS) is 10.5. The van der Waals surface area contributed by atoms with E-state index in [1.807, 2.05) is 6.92 Å². The minimum Gasteiger partial charge on any atom is -0.355 e. The summed E-state index contributed by atoms with van der Waals surface area (Å²) in [7, 11) is 1.75. The van der Waals surface area contributed by atoms with Gasteiger partial charge < -0.3 is 5.32 Å². The summed E-state index contributed by atoms with van der Waals surface area (Å²) in [6, 6.07) is 4.28. The number of halogens is 1. The maximum absolute atomic E-state index is 11.4. The first-order valence-electron chi connectivity index (χ1n) is 5.82. The van der Waals surface area contributed by atoms with Gasteiger partial charge in [-0.1, -0.05) is 11.6 Å². The van der Waals surface area contributed by atoms with Crippen LogP contribution in [0.5, 0.6) is 0 Å². The zero-order valence-electron chi connectivity index (χ0n) is 10.9. The highest BCUT2D eigenvalue weighted by Gasteiger charge is 2.12. The minimum atomic E-state index is -0.469. The van der Waals surface area contributed by atoms with E-state index in [4.69, 9.17) is 11.6 Å². The lowest BCUT2D eigenvalue weighted by molar-refractivity contribution is -0.384. The Balaban J connectivity index is 2.73. The number of non-ortho nitro benzene ring substituents is 1. The first-order valence-corrected chi connectivity index (χ1v) is 6.20. The molecule has 0 aromatic heterocycles. The molecule has 1 N–H and O–H groups in total. The van der Waals surface area contributed by atoms with Gasteiger partial charge in [0.25, 0.3) is 5.69 Å². The number of benzene rings is 1. The largest absolute Gasteiger partial charge is 0.355 e. The number of nitro groups is 1. The molecule has 0 fully saturated rings. The summed E-state index contributed by atoms with van der Waals surface area (Å²) in [6.07, 6.45) is 0. The van der Waals surface area contributed by atoms with E-state index < -0.39 is 4.92 Å². The fourth-order valence-electron chi connectivity index (χ4n) is 1.64. The van der Waals surface area contributed by atoms with Crippen LogP contribution in [-0.2, 0) is 11.3 Å². The highest BCUT2D eigenvalue weighted by Crippen LogP contribution is 2.22. The third kappa shape index (κ3) is 4.84. The molecule has 0 bridgehead atoms. The van der Waals surface area contributed by atoms with Crippen molar-refractivity contribution in [3.05, 3.63) is 38.9 Å². The molecule has 104 valence electrons. The second kappa shape index (κ2) is 7.06. The standard InChI is InChI=1S/C12H16ClN3O3/c1-3-14-12(17)8-15(2)7-9-6-10(16(18)19)4-5-11(9)13/h4-6H,3,7-8H2,1-2H3,(H,14,17). The number of nitrogens with zero attached hydrogens (tertiary/aromatic N) is 2. The van der Waals surface area contributed by atoms with Crippen LogP contribution in [0.3, 0.4) is 0 Å². The number of hydrogen-bond donors (Lipinski definition) is 1. The summed E-state index contributed by atoms with van der Waals surface area (Å²) >= 11 is 5.99. The number of rotatable bonds is 6. The number of nitrogens with one attached hydrogen (secondary N) is 1. The van der Waals surface area contributed by atoms with E-state index in [1.165, 1.54) is 18.2 Å². The molecule has 0 unspecified atom stereocenters. The van der Waals surface area contributed by atoms with Crippen LogP contribution >= 0.6 is 11.6 Å². The molecule has 0 saturated carbocycles. The summed E-state index contributed by atoms with van der Waals surface area (Å²) in [5.74, 6) is -0.0912. The zero-order valence-corrected chi connectivity index (χ0v) is 11.6. The van der Waals surface area contributed by atoms with Gasteiger partial charge in [0, 0.05) is 30.2 Å². The van der Waals surface area contributed by atoms with E-state index in [2.05, 4.69) is 5.32 Å². The smallest absolute Gasteiger partial charge is 0.269 e. The molecule has 1 amide bonds. The first-order chi connectivity index (χ1) is 8.93. The lowest BCUT2D eigenvalue weighted by Gasteiger charge is -2.16. The SMILES string of the molecule is CCNC(=O)CN(C)Cc1cc([N+](=O)[O-])ccc1Cl. The first kappa shape index (κ1) is 15.4. The molecular formula is C12H16ClN3O3. The van der Waals surface area contributed by atoms with Crippen molar-refractivity contribution in [2.75, 3.05) is 20.1 Å². The Labute approximate surface area is 116 Å². The van der Waals surface area contributed by atoms with Crippen LogP contribution in [-0.4, -0.2) is 35.9 Å². The molecule has 0 saturated heterocycles. The molecule has 0 aliphatic rings. The van der Waals surface area contributed by atoms with E-state index in [-0.39, 0.29) is 18.1 Å². The molecule has 0 atom stereocenters. The Hall–Kier alpha value is -1.66. The van der Waals surface area contributed by atoms with Gasteiger partial charge in [-0.2, -0.15) is 0 Å². The third-order valence-electron chi connectivity index (χ3n) is 2.47. The Bertz CT molecular complexity index is 479. The third-order valence-corrected chi connectivity index (χ3v) is 2.84. The molecule has 0 spiro atoms. The van der Waals surface area contributed by atoms with E-state index >= 15 is 0 Å². The molecule has 19 heavy (non-hydrogen) atoms. The van der Waals surface area contributed by atoms with Crippen molar-refractivity contribution in [2.45, 2.75) is 13.5 Å². The predicted octanol–water partition coefficient (Wildman–Crippen LogP) is 1.82. The highest BCUT2D eigenvalue weighted by atomic mass is 35.5. The van der Waals surface area contributed by atoms with E-state index in [1.54, 1.807) is 11.9 Å². The summed E-state index contributed by atoms with van der Waals surface area (Å²) in [5.41, 5.74) is 0.619. The summed E-state index contributed by atoms with van der Waals surface area (Å²) < 4.78 is 0. The van der Waals surface area contributed by atoms with E-state index in [0.717, 1.165) is 0 Å². The molecule has 1 aromatic rings. The number of hydrogen-bond acceptors (Lipinski definition) is 4. The van der Waals surface area contributed by atoms with Crippen molar-refractivity contribution in [1.82, 2.24) is 10.2 Å². The highest BCUT2D eigenvalue weighted by molar-refractivity contribution is 6.31. The van der Waals surface area contributed by atoms with Gasteiger partial charge in [-0.25, -0.2) is 0 Å². The van der Waals surface area contributed by atoms with Crippen LogP contribution < -0.4 is 5.32 Å². The number of likely N-dealkylation sites (N-methyl/N-ethyl adjacent to an activating group) is 2. The Kier molecular flexibility index (Phi) is 5.72. The quantitative estimate of drug-likeness (QED) is 0.639. The van der Waals surface area contributed by atoms with Crippen LogP contribution in [0.1, 0.15) is 12.5 Å². The van der Waals surface area contributed by atoms with Crippen molar-refractivity contribution in [3.63, 3.8) is 0 Å². The van der Waals surface area contributed by atoms with Crippen molar-refractivity contribution >= 4 is 23.2 Å². The molecule has 0 heterocycles. The average molecular weight is 286 g/mol.